The normalized spacial score (nSPS) is 17.5. The zero-order valence-corrected chi connectivity index (χ0v) is 12.0. The second kappa shape index (κ2) is 3.50. The number of rotatable bonds is 1. The lowest BCUT2D eigenvalue weighted by Gasteiger charge is -2.20. The second-order valence-electron chi connectivity index (χ2n) is 7.27. The van der Waals surface area contributed by atoms with Crippen LogP contribution in [0.4, 0.5) is 5.82 Å². The minimum Gasteiger partial charge on any atom is -0.384 e. The Morgan fingerprint density at radius 2 is 1.59 bits per heavy atom. The van der Waals surface area contributed by atoms with Gasteiger partial charge in [-0.25, -0.2) is 4.98 Å². The van der Waals surface area contributed by atoms with Crippen LogP contribution in [-0.4, -0.2) is 9.55 Å². The number of nitrogens with zero attached hydrogens (tertiary/aromatic N) is 2. The number of imidazole rings is 1. The largest absolute Gasteiger partial charge is 0.384 e. The van der Waals surface area contributed by atoms with Crippen molar-refractivity contribution >= 4 is 5.82 Å². The zero-order chi connectivity index (χ0) is 13.0. The first kappa shape index (κ1) is 12.5. The average molecular weight is 235 g/mol. The molecule has 1 aromatic rings. The van der Waals surface area contributed by atoms with E-state index < -0.39 is 0 Å². The lowest BCUT2D eigenvalue weighted by molar-refractivity contribution is 0.500. The predicted octanol–water partition coefficient (Wildman–Crippen LogP) is 3.40. The monoisotopic (exact) mass is 235 g/mol. The van der Waals surface area contributed by atoms with Crippen molar-refractivity contribution in [2.45, 2.75) is 71.3 Å². The van der Waals surface area contributed by atoms with Crippen LogP contribution in [0.15, 0.2) is 0 Å². The Hall–Kier alpha value is -0.990. The summed E-state index contributed by atoms with van der Waals surface area (Å²) < 4.78 is 2.28. The first-order valence-corrected chi connectivity index (χ1v) is 6.51. The fourth-order valence-corrected chi connectivity index (χ4v) is 2.23. The summed E-state index contributed by atoms with van der Waals surface area (Å²) in [5.41, 5.74) is 7.45. The van der Waals surface area contributed by atoms with Crippen molar-refractivity contribution in [3.05, 3.63) is 11.5 Å². The van der Waals surface area contributed by atoms with E-state index in [1.807, 2.05) is 0 Å². The molecule has 0 spiro atoms. The Balaban J connectivity index is 2.59. The molecule has 1 aliphatic carbocycles. The first-order chi connectivity index (χ1) is 7.62. The number of hydrogen-bond donors (Lipinski definition) is 1. The highest BCUT2D eigenvalue weighted by atomic mass is 15.2. The Bertz CT molecular complexity index is 426. The predicted molar refractivity (Wildman–Crippen MR) is 72.3 cm³/mol. The maximum atomic E-state index is 6.33. The third-order valence-electron chi connectivity index (χ3n) is 3.24. The van der Waals surface area contributed by atoms with Gasteiger partial charge < -0.3 is 10.3 Å². The van der Waals surface area contributed by atoms with Crippen LogP contribution >= 0.6 is 0 Å². The van der Waals surface area contributed by atoms with Gasteiger partial charge in [-0.1, -0.05) is 41.5 Å². The van der Waals surface area contributed by atoms with Crippen LogP contribution in [0.5, 0.6) is 0 Å². The molecule has 1 aliphatic rings. The lowest BCUT2D eigenvalue weighted by Crippen LogP contribution is -2.19. The number of anilines is 1. The number of nitrogens with two attached hydrogens (primary N) is 1. The Kier molecular flexibility index (Phi) is 2.57. The van der Waals surface area contributed by atoms with E-state index in [2.05, 4.69) is 46.1 Å². The summed E-state index contributed by atoms with van der Waals surface area (Å²) in [6, 6.07) is 0.591. The summed E-state index contributed by atoms with van der Waals surface area (Å²) in [5, 5.41) is 0. The van der Waals surface area contributed by atoms with Gasteiger partial charge in [-0.3, -0.25) is 0 Å². The smallest absolute Gasteiger partial charge is 0.127 e. The molecule has 3 nitrogen and oxygen atoms in total. The van der Waals surface area contributed by atoms with Gasteiger partial charge in [0.2, 0.25) is 0 Å². The molecule has 0 bridgehead atoms. The van der Waals surface area contributed by atoms with E-state index in [4.69, 9.17) is 10.7 Å². The van der Waals surface area contributed by atoms with Crippen molar-refractivity contribution in [1.82, 2.24) is 9.55 Å². The van der Waals surface area contributed by atoms with Gasteiger partial charge >= 0.3 is 0 Å². The molecule has 0 aliphatic heterocycles. The second-order valence-corrected chi connectivity index (χ2v) is 7.27. The molecule has 17 heavy (non-hydrogen) atoms. The molecule has 2 N–H and O–H groups in total. The molecule has 1 saturated carbocycles. The van der Waals surface area contributed by atoms with Gasteiger partial charge in [-0.2, -0.15) is 0 Å². The van der Waals surface area contributed by atoms with E-state index in [-0.39, 0.29) is 10.8 Å². The number of nitrogen functional groups attached to an aromatic ring is 1. The molecular weight excluding hydrogens is 210 g/mol. The Morgan fingerprint density at radius 3 is 1.94 bits per heavy atom. The Morgan fingerprint density at radius 1 is 1.06 bits per heavy atom. The van der Waals surface area contributed by atoms with Gasteiger partial charge in [0.1, 0.15) is 11.6 Å². The molecule has 2 rings (SSSR count). The first-order valence-electron chi connectivity index (χ1n) is 6.51. The van der Waals surface area contributed by atoms with Crippen molar-refractivity contribution < 1.29 is 0 Å². The quantitative estimate of drug-likeness (QED) is 0.810. The average Bonchev–Trinajstić information content (AvgIpc) is 2.86. The van der Waals surface area contributed by atoms with Gasteiger partial charge in [-0.15, -0.1) is 0 Å². The molecule has 1 fully saturated rings. The van der Waals surface area contributed by atoms with E-state index >= 15 is 0 Å². The maximum Gasteiger partial charge on any atom is 0.127 e. The Labute approximate surface area is 104 Å². The fraction of sp³-hybridized carbons (Fsp3) is 0.786. The summed E-state index contributed by atoms with van der Waals surface area (Å²) in [5.74, 6) is 2.02. The number of aromatic nitrogens is 2. The van der Waals surface area contributed by atoms with Gasteiger partial charge in [-0.05, 0) is 12.8 Å². The van der Waals surface area contributed by atoms with Gasteiger partial charge in [0.15, 0.2) is 0 Å². The minimum absolute atomic E-state index is 0.0181. The molecule has 0 radical (unpaired) electrons. The lowest BCUT2D eigenvalue weighted by atomic mass is 9.92. The van der Waals surface area contributed by atoms with Gasteiger partial charge in [0.25, 0.3) is 0 Å². The molecule has 3 heteroatoms. The van der Waals surface area contributed by atoms with E-state index in [9.17, 15) is 0 Å². The van der Waals surface area contributed by atoms with Crippen LogP contribution in [0.3, 0.4) is 0 Å². The molecule has 0 aromatic carbocycles. The van der Waals surface area contributed by atoms with Crippen LogP contribution in [0.25, 0.3) is 0 Å². The third-order valence-corrected chi connectivity index (χ3v) is 3.24. The SMILES string of the molecule is CC(C)(C)c1nc(C(C)(C)C)n(C2CC2)c1N. The highest BCUT2D eigenvalue weighted by Crippen LogP contribution is 2.43. The summed E-state index contributed by atoms with van der Waals surface area (Å²) in [6.45, 7) is 13.2. The van der Waals surface area contributed by atoms with Crippen molar-refractivity contribution in [2.75, 3.05) is 5.73 Å². The van der Waals surface area contributed by atoms with Crippen molar-refractivity contribution in [1.29, 1.82) is 0 Å². The van der Waals surface area contributed by atoms with E-state index in [1.54, 1.807) is 0 Å². The van der Waals surface area contributed by atoms with Crippen molar-refractivity contribution in [3.63, 3.8) is 0 Å². The zero-order valence-electron chi connectivity index (χ0n) is 12.0. The maximum absolute atomic E-state index is 6.33. The molecule has 0 atom stereocenters. The van der Waals surface area contributed by atoms with E-state index in [0.717, 1.165) is 17.3 Å². The van der Waals surface area contributed by atoms with Crippen LogP contribution < -0.4 is 5.73 Å². The van der Waals surface area contributed by atoms with Crippen molar-refractivity contribution in [3.8, 4) is 0 Å². The molecule has 1 aromatic heterocycles. The minimum atomic E-state index is 0.0181. The summed E-state index contributed by atoms with van der Waals surface area (Å²) in [6.07, 6.45) is 2.49. The highest BCUT2D eigenvalue weighted by Gasteiger charge is 2.36. The standard InChI is InChI=1S/C14H25N3/c1-13(2,3)10-11(15)17(9-7-8-9)12(16-10)14(4,5)6/h9H,7-8,15H2,1-6H3. The van der Waals surface area contributed by atoms with Gasteiger partial charge in [0, 0.05) is 16.9 Å². The van der Waals surface area contributed by atoms with E-state index in [0.29, 0.717) is 6.04 Å². The molecule has 96 valence electrons. The van der Waals surface area contributed by atoms with Gasteiger partial charge in [0.05, 0.1) is 5.69 Å². The molecule has 0 unspecified atom stereocenters. The third kappa shape index (κ3) is 2.20. The van der Waals surface area contributed by atoms with Crippen LogP contribution in [-0.2, 0) is 10.8 Å². The number of hydrogen-bond acceptors (Lipinski definition) is 2. The molecule has 1 heterocycles. The van der Waals surface area contributed by atoms with E-state index in [1.165, 1.54) is 12.8 Å². The van der Waals surface area contributed by atoms with Crippen LogP contribution in [0.2, 0.25) is 0 Å². The summed E-state index contributed by atoms with van der Waals surface area (Å²) in [7, 11) is 0. The summed E-state index contributed by atoms with van der Waals surface area (Å²) in [4.78, 5) is 4.85. The fourth-order valence-electron chi connectivity index (χ4n) is 2.23. The molecular formula is C14H25N3. The summed E-state index contributed by atoms with van der Waals surface area (Å²) >= 11 is 0. The van der Waals surface area contributed by atoms with Crippen LogP contribution in [0.1, 0.15) is 71.9 Å². The van der Waals surface area contributed by atoms with Crippen molar-refractivity contribution in [2.24, 2.45) is 0 Å². The topological polar surface area (TPSA) is 43.8 Å². The highest BCUT2D eigenvalue weighted by molar-refractivity contribution is 5.44. The van der Waals surface area contributed by atoms with Crippen LogP contribution in [0, 0.1) is 0 Å². The molecule has 0 amide bonds. The molecule has 0 saturated heterocycles.